The molecule has 10 nitrogen and oxygen atoms in total. The van der Waals surface area contributed by atoms with Crippen LogP contribution in [0.4, 0.5) is 5.82 Å². The van der Waals surface area contributed by atoms with Gasteiger partial charge in [0.1, 0.15) is 18.5 Å². The normalized spacial score (nSPS) is 16.5. The molecular weight excluding hydrogens is 498 g/mol. The fraction of sp³-hybridized carbons (Fsp3) is 0.414. The number of aliphatic hydroxyl groups excluding tert-OH is 2. The van der Waals surface area contributed by atoms with Gasteiger partial charge in [-0.25, -0.2) is 4.98 Å². The number of rotatable bonds is 14. The number of benzene rings is 2. The molecule has 0 unspecified atom stereocenters. The van der Waals surface area contributed by atoms with Crippen LogP contribution in [0.5, 0.6) is 5.75 Å². The summed E-state index contributed by atoms with van der Waals surface area (Å²) in [6.07, 6.45) is 6.28. The zero-order valence-electron chi connectivity index (χ0n) is 21.8. The minimum absolute atomic E-state index is 0.00488. The molecule has 2 saturated carbocycles. The van der Waals surface area contributed by atoms with Crippen molar-refractivity contribution in [1.82, 2.24) is 14.9 Å². The maximum absolute atomic E-state index is 13.8. The van der Waals surface area contributed by atoms with E-state index in [0.717, 1.165) is 36.8 Å². The summed E-state index contributed by atoms with van der Waals surface area (Å²) in [5.74, 6) is 0.581. The fourth-order valence-corrected chi connectivity index (χ4v) is 5.13. The van der Waals surface area contributed by atoms with Crippen molar-refractivity contribution < 1.29 is 19.7 Å². The van der Waals surface area contributed by atoms with Gasteiger partial charge in [0.2, 0.25) is 5.91 Å². The topological polar surface area (TPSA) is 143 Å². The molecule has 39 heavy (non-hydrogen) atoms. The van der Waals surface area contributed by atoms with Crippen molar-refractivity contribution in [2.45, 2.75) is 49.9 Å². The summed E-state index contributed by atoms with van der Waals surface area (Å²) < 4.78 is 7.70. The summed E-state index contributed by atoms with van der Waals surface area (Å²) in [5.41, 5.74) is 7.02. The molecule has 2 aliphatic rings. The van der Waals surface area contributed by atoms with Crippen LogP contribution in [0.1, 0.15) is 47.2 Å². The van der Waals surface area contributed by atoms with Crippen LogP contribution < -0.4 is 26.2 Å². The second-order valence-electron chi connectivity index (χ2n) is 10.3. The number of para-hydroxylation sites is 1. The number of hydrogen-bond acceptors (Lipinski definition) is 8. The van der Waals surface area contributed by atoms with Crippen LogP contribution in [0.2, 0.25) is 0 Å². The first-order valence-electron chi connectivity index (χ1n) is 13.4. The zero-order chi connectivity index (χ0) is 27.4. The molecule has 10 heteroatoms. The molecule has 0 aliphatic heterocycles. The molecule has 0 saturated heterocycles. The predicted molar refractivity (Wildman–Crippen MR) is 147 cm³/mol. The third-order valence-electron chi connectivity index (χ3n) is 7.27. The van der Waals surface area contributed by atoms with E-state index in [-0.39, 0.29) is 24.8 Å². The van der Waals surface area contributed by atoms with Crippen molar-refractivity contribution in [2.75, 3.05) is 31.2 Å². The number of primary amides is 1. The third kappa shape index (κ3) is 5.98. The predicted octanol–water partition coefficient (Wildman–Crippen LogP) is 1.37. The largest absolute Gasteiger partial charge is 0.490 e. The van der Waals surface area contributed by atoms with E-state index in [2.05, 4.69) is 15.2 Å². The molecule has 0 bridgehead atoms. The highest BCUT2D eigenvalue weighted by molar-refractivity contribution is 5.92. The minimum Gasteiger partial charge on any atom is -0.490 e. The van der Waals surface area contributed by atoms with E-state index in [0.29, 0.717) is 36.8 Å². The van der Waals surface area contributed by atoms with Gasteiger partial charge in [-0.05, 0) is 49.4 Å². The SMILES string of the molecule is NC(=O)c1cccc(Cn2ccnc(N(C3CC3)C3(c4ccccc4OC[C@@H](O)CNCCO)CC3)c2=O)c1. The summed E-state index contributed by atoms with van der Waals surface area (Å²) in [6.45, 7) is 1.13. The van der Waals surface area contributed by atoms with Crippen molar-refractivity contribution in [1.29, 1.82) is 0 Å². The van der Waals surface area contributed by atoms with Gasteiger partial charge in [0, 0.05) is 42.7 Å². The Morgan fingerprint density at radius 1 is 1.23 bits per heavy atom. The molecule has 1 heterocycles. The molecule has 2 aromatic carbocycles. The van der Waals surface area contributed by atoms with Gasteiger partial charge in [-0.15, -0.1) is 0 Å². The molecule has 3 aromatic rings. The molecule has 2 aliphatic carbocycles. The summed E-state index contributed by atoms with van der Waals surface area (Å²) in [5, 5.41) is 22.2. The Morgan fingerprint density at radius 2 is 2.03 bits per heavy atom. The second kappa shape index (κ2) is 11.6. The van der Waals surface area contributed by atoms with Gasteiger partial charge in [-0.2, -0.15) is 0 Å². The first-order valence-corrected chi connectivity index (χ1v) is 13.4. The summed E-state index contributed by atoms with van der Waals surface area (Å²) in [4.78, 5) is 32.2. The van der Waals surface area contributed by atoms with E-state index in [9.17, 15) is 14.7 Å². The Morgan fingerprint density at radius 3 is 2.74 bits per heavy atom. The number of nitrogens with one attached hydrogen (secondary N) is 1. The van der Waals surface area contributed by atoms with Gasteiger partial charge in [0.05, 0.1) is 18.7 Å². The van der Waals surface area contributed by atoms with Crippen molar-refractivity contribution in [3.8, 4) is 5.75 Å². The lowest BCUT2D eigenvalue weighted by Crippen LogP contribution is -2.43. The first-order chi connectivity index (χ1) is 18.9. The maximum atomic E-state index is 13.8. The van der Waals surface area contributed by atoms with Crippen LogP contribution >= 0.6 is 0 Å². The number of anilines is 1. The van der Waals surface area contributed by atoms with E-state index in [1.165, 1.54) is 0 Å². The van der Waals surface area contributed by atoms with Crippen LogP contribution in [-0.2, 0) is 12.1 Å². The Kier molecular flexibility index (Phi) is 7.97. The van der Waals surface area contributed by atoms with Gasteiger partial charge in [0.15, 0.2) is 5.82 Å². The van der Waals surface area contributed by atoms with E-state index in [4.69, 9.17) is 15.6 Å². The molecule has 1 atom stereocenters. The highest BCUT2D eigenvalue weighted by Gasteiger charge is 2.56. The van der Waals surface area contributed by atoms with Crippen molar-refractivity contribution in [3.63, 3.8) is 0 Å². The Balaban J connectivity index is 1.42. The Hall–Kier alpha value is -3.73. The van der Waals surface area contributed by atoms with Crippen LogP contribution in [0, 0.1) is 0 Å². The third-order valence-corrected chi connectivity index (χ3v) is 7.27. The number of amides is 1. The fourth-order valence-electron chi connectivity index (χ4n) is 5.13. The number of nitrogens with zero attached hydrogens (tertiary/aromatic N) is 3. The standard InChI is InChI=1S/C29H35N5O5/c30-26(37)21-5-3-4-20(16-21)18-33-14-12-32-27(28(33)38)34(22-8-9-22)29(10-11-29)24-6-1-2-7-25(24)39-19-23(36)17-31-13-15-35/h1-7,12,14,16,22-23,31,35-36H,8-11,13,15,17-19H2,(H2,30,37)/t23-/m0/s1. The van der Waals surface area contributed by atoms with Gasteiger partial charge >= 0.3 is 0 Å². The van der Waals surface area contributed by atoms with Gasteiger partial charge < -0.3 is 35.5 Å². The number of hydrogen-bond donors (Lipinski definition) is 4. The van der Waals surface area contributed by atoms with Crippen molar-refractivity contribution in [2.24, 2.45) is 5.73 Å². The number of ether oxygens (including phenoxy) is 1. The van der Waals surface area contributed by atoms with Crippen molar-refractivity contribution >= 4 is 11.7 Å². The monoisotopic (exact) mass is 533 g/mol. The highest BCUT2D eigenvalue weighted by atomic mass is 16.5. The van der Waals surface area contributed by atoms with Gasteiger partial charge in [-0.1, -0.05) is 30.3 Å². The molecule has 5 rings (SSSR count). The van der Waals surface area contributed by atoms with E-state index in [1.54, 1.807) is 35.2 Å². The average molecular weight is 534 g/mol. The summed E-state index contributed by atoms with van der Waals surface area (Å²) >= 11 is 0. The molecule has 206 valence electrons. The van der Waals surface area contributed by atoms with E-state index >= 15 is 0 Å². The van der Waals surface area contributed by atoms with Crippen molar-refractivity contribution in [3.05, 3.63) is 88.0 Å². The lowest BCUT2D eigenvalue weighted by atomic mass is 10.0. The lowest BCUT2D eigenvalue weighted by Gasteiger charge is -2.34. The molecular formula is C29H35N5O5. The average Bonchev–Trinajstić information content (AvgIpc) is 3.87. The number of aromatic nitrogens is 2. The molecule has 5 N–H and O–H groups in total. The second-order valence-corrected chi connectivity index (χ2v) is 10.3. The number of nitrogens with two attached hydrogens (primary N) is 1. The summed E-state index contributed by atoms with van der Waals surface area (Å²) in [7, 11) is 0. The molecule has 2 fully saturated rings. The van der Waals surface area contributed by atoms with E-state index in [1.807, 2.05) is 30.3 Å². The number of aliphatic hydroxyl groups is 2. The van der Waals surface area contributed by atoms with Crippen LogP contribution in [0.15, 0.2) is 65.7 Å². The summed E-state index contributed by atoms with van der Waals surface area (Å²) in [6, 6.07) is 15.0. The van der Waals surface area contributed by atoms with Crippen LogP contribution in [0.25, 0.3) is 0 Å². The Bertz CT molecular complexity index is 1370. The van der Waals surface area contributed by atoms with Gasteiger partial charge in [-0.3, -0.25) is 9.59 Å². The van der Waals surface area contributed by atoms with Crippen LogP contribution in [0.3, 0.4) is 0 Å². The quantitative estimate of drug-likeness (QED) is 0.228. The van der Waals surface area contributed by atoms with Gasteiger partial charge in [0.25, 0.3) is 5.56 Å². The first kappa shape index (κ1) is 26.9. The number of carbonyl (C=O) groups excluding carboxylic acids is 1. The molecule has 0 radical (unpaired) electrons. The molecule has 1 aromatic heterocycles. The van der Waals surface area contributed by atoms with Crippen LogP contribution in [-0.4, -0.2) is 64.1 Å². The maximum Gasteiger partial charge on any atom is 0.293 e. The lowest BCUT2D eigenvalue weighted by molar-refractivity contribution is 0.1000. The number of carbonyl (C=O) groups is 1. The smallest absolute Gasteiger partial charge is 0.293 e. The molecule has 1 amide bonds. The Labute approximate surface area is 227 Å². The highest BCUT2D eigenvalue weighted by Crippen LogP contribution is 2.57. The molecule has 0 spiro atoms. The minimum atomic E-state index is -0.727. The van der Waals surface area contributed by atoms with E-state index < -0.39 is 17.6 Å². The zero-order valence-corrected chi connectivity index (χ0v) is 21.8.